The molecular formula is C21H20F6OS2. The third-order valence-corrected chi connectivity index (χ3v) is 7.15. The van der Waals surface area contributed by atoms with Crippen molar-refractivity contribution in [3.63, 3.8) is 0 Å². The molecule has 0 spiro atoms. The van der Waals surface area contributed by atoms with Gasteiger partial charge in [0.05, 0.1) is 17.2 Å². The summed E-state index contributed by atoms with van der Waals surface area (Å²) < 4.78 is 83.6. The van der Waals surface area contributed by atoms with E-state index in [0.717, 1.165) is 24.3 Å². The summed E-state index contributed by atoms with van der Waals surface area (Å²) in [4.78, 5) is 0.994. The van der Waals surface area contributed by atoms with E-state index >= 15 is 0 Å². The van der Waals surface area contributed by atoms with Crippen LogP contribution in [0.15, 0.2) is 52.3 Å². The predicted octanol–water partition coefficient (Wildman–Crippen LogP) is 7.85. The van der Waals surface area contributed by atoms with Gasteiger partial charge in [-0.15, -0.1) is 23.5 Å². The van der Waals surface area contributed by atoms with Gasteiger partial charge in [0.25, 0.3) is 0 Å². The Balaban J connectivity index is 1.83. The molecule has 9 heteroatoms. The third kappa shape index (κ3) is 5.48. The molecule has 0 aliphatic carbocycles. The summed E-state index contributed by atoms with van der Waals surface area (Å²) in [5.74, 6) is 0. The van der Waals surface area contributed by atoms with Crippen LogP contribution in [-0.4, -0.2) is 17.6 Å². The van der Waals surface area contributed by atoms with Gasteiger partial charge in [0.2, 0.25) is 0 Å². The van der Waals surface area contributed by atoms with E-state index in [9.17, 15) is 26.3 Å². The first-order valence-corrected chi connectivity index (χ1v) is 11.2. The molecule has 2 aromatic carbocycles. The zero-order valence-electron chi connectivity index (χ0n) is 16.2. The highest BCUT2D eigenvalue weighted by atomic mass is 32.2. The van der Waals surface area contributed by atoms with Crippen molar-refractivity contribution in [2.45, 2.75) is 52.8 Å². The molecule has 0 radical (unpaired) electrons. The lowest BCUT2D eigenvalue weighted by atomic mass is 9.92. The molecule has 2 aromatic rings. The highest BCUT2D eigenvalue weighted by Crippen LogP contribution is 2.48. The summed E-state index contributed by atoms with van der Waals surface area (Å²) in [6, 6.07) is 8.80. The van der Waals surface area contributed by atoms with Gasteiger partial charge < -0.3 is 4.74 Å². The highest BCUT2D eigenvalue weighted by Gasteiger charge is 2.37. The number of alkyl halides is 6. The van der Waals surface area contributed by atoms with Crippen LogP contribution in [0.4, 0.5) is 26.3 Å². The molecular weight excluding hydrogens is 446 g/mol. The van der Waals surface area contributed by atoms with E-state index in [4.69, 9.17) is 4.74 Å². The first-order chi connectivity index (χ1) is 13.9. The topological polar surface area (TPSA) is 9.23 Å². The SMILES string of the molecule is CSc1cc(C(F)(F)F)ccc1C1CC(C)(Sc2cccc(C(F)(F)F)c2)CCO1. The first kappa shape index (κ1) is 23.3. The summed E-state index contributed by atoms with van der Waals surface area (Å²) in [5.41, 5.74) is -0.745. The molecule has 0 aromatic heterocycles. The largest absolute Gasteiger partial charge is 0.416 e. The van der Waals surface area contributed by atoms with Crippen molar-refractivity contribution >= 4 is 23.5 Å². The molecule has 30 heavy (non-hydrogen) atoms. The van der Waals surface area contributed by atoms with E-state index < -0.39 is 34.3 Å². The van der Waals surface area contributed by atoms with Gasteiger partial charge >= 0.3 is 12.4 Å². The fraction of sp³-hybridized carbons (Fsp3) is 0.429. The third-order valence-electron chi connectivity index (χ3n) is 5.00. The van der Waals surface area contributed by atoms with Gasteiger partial charge in [0.1, 0.15) is 0 Å². The van der Waals surface area contributed by atoms with Crippen molar-refractivity contribution in [1.29, 1.82) is 0 Å². The molecule has 1 heterocycles. The molecule has 164 valence electrons. The number of hydrogen-bond donors (Lipinski definition) is 0. The van der Waals surface area contributed by atoms with Crippen molar-refractivity contribution < 1.29 is 31.1 Å². The molecule has 2 atom stereocenters. The van der Waals surface area contributed by atoms with Crippen LogP contribution >= 0.6 is 23.5 Å². The second-order valence-corrected chi connectivity index (χ2v) is 9.85. The van der Waals surface area contributed by atoms with E-state index in [0.29, 0.717) is 34.8 Å². The Hall–Kier alpha value is -1.32. The van der Waals surface area contributed by atoms with Crippen molar-refractivity contribution in [2.75, 3.05) is 12.9 Å². The van der Waals surface area contributed by atoms with Crippen LogP contribution < -0.4 is 0 Å². The van der Waals surface area contributed by atoms with Gasteiger partial charge in [0, 0.05) is 21.1 Å². The van der Waals surface area contributed by atoms with Crippen LogP contribution in [-0.2, 0) is 17.1 Å². The summed E-state index contributed by atoms with van der Waals surface area (Å²) >= 11 is 2.57. The minimum atomic E-state index is -4.43. The molecule has 3 rings (SSSR count). The van der Waals surface area contributed by atoms with Crippen molar-refractivity contribution in [3.8, 4) is 0 Å². The van der Waals surface area contributed by atoms with E-state index in [2.05, 4.69) is 0 Å². The fourth-order valence-electron chi connectivity index (χ4n) is 3.44. The number of thioether (sulfide) groups is 2. The van der Waals surface area contributed by atoms with Gasteiger partial charge in [-0.05, 0) is 61.9 Å². The molecule has 1 fully saturated rings. The number of hydrogen-bond acceptors (Lipinski definition) is 3. The van der Waals surface area contributed by atoms with Gasteiger partial charge in [0.15, 0.2) is 0 Å². The lowest BCUT2D eigenvalue weighted by Crippen LogP contribution is -2.32. The Morgan fingerprint density at radius 1 is 0.967 bits per heavy atom. The van der Waals surface area contributed by atoms with Crippen molar-refractivity contribution in [3.05, 3.63) is 59.2 Å². The minimum absolute atomic E-state index is 0.377. The van der Waals surface area contributed by atoms with E-state index in [1.807, 2.05) is 6.92 Å². The highest BCUT2D eigenvalue weighted by molar-refractivity contribution is 8.00. The summed E-state index contributed by atoms with van der Waals surface area (Å²) in [5, 5.41) is 0. The molecule has 1 aliphatic rings. The van der Waals surface area contributed by atoms with Crippen molar-refractivity contribution in [2.24, 2.45) is 0 Å². The Morgan fingerprint density at radius 3 is 2.27 bits per heavy atom. The summed E-state index contributed by atoms with van der Waals surface area (Å²) in [6.45, 7) is 2.33. The van der Waals surface area contributed by atoms with Crippen LogP contribution in [0.2, 0.25) is 0 Å². The van der Waals surface area contributed by atoms with E-state index in [-0.39, 0.29) is 0 Å². The lowest BCUT2D eigenvalue weighted by Gasteiger charge is -2.38. The predicted molar refractivity (Wildman–Crippen MR) is 107 cm³/mol. The average Bonchev–Trinajstić information content (AvgIpc) is 2.66. The molecule has 0 N–H and O–H groups in total. The second-order valence-electron chi connectivity index (χ2n) is 7.35. The lowest BCUT2D eigenvalue weighted by molar-refractivity contribution is -0.138. The minimum Gasteiger partial charge on any atom is -0.373 e. The molecule has 1 saturated heterocycles. The smallest absolute Gasteiger partial charge is 0.373 e. The monoisotopic (exact) mass is 466 g/mol. The van der Waals surface area contributed by atoms with Gasteiger partial charge in [-0.3, -0.25) is 0 Å². The maximum absolute atomic E-state index is 13.0. The number of benzene rings is 2. The Kier molecular flexibility index (Phi) is 6.74. The Labute approximate surface area is 179 Å². The maximum Gasteiger partial charge on any atom is 0.416 e. The van der Waals surface area contributed by atoms with Crippen LogP contribution in [0, 0.1) is 0 Å². The normalized spacial score (nSPS) is 22.9. The van der Waals surface area contributed by atoms with Gasteiger partial charge in [-0.2, -0.15) is 26.3 Å². The van der Waals surface area contributed by atoms with E-state index in [1.54, 1.807) is 12.3 Å². The average molecular weight is 467 g/mol. The quantitative estimate of drug-likeness (QED) is 0.335. The fourth-order valence-corrected chi connectivity index (χ4v) is 5.44. The molecule has 0 amide bonds. The van der Waals surface area contributed by atoms with Gasteiger partial charge in [-0.1, -0.05) is 12.1 Å². The maximum atomic E-state index is 13.0. The standard InChI is InChI=1S/C21H20F6OS2/c1-19(30-15-5-3-4-13(10-15)20(22,23)24)8-9-28-17(12-19)16-7-6-14(21(25,26)27)11-18(16)29-2/h3-7,10-11,17H,8-9,12H2,1-2H3. The Bertz CT molecular complexity index is 896. The molecule has 2 unspecified atom stereocenters. The van der Waals surface area contributed by atoms with Gasteiger partial charge in [-0.25, -0.2) is 0 Å². The van der Waals surface area contributed by atoms with Crippen LogP contribution in [0.3, 0.4) is 0 Å². The zero-order chi connectivity index (χ0) is 22.2. The van der Waals surface area contributed by atoms with Crippen molar-refractivity contribution in [1.82, 2.24) is 0 Å². The summed E-state index contributed by atoms with van der Waals surface area (Å²) in [6.07, 6.45) is -6.45. The summed E-state index contributed by atoms with van der Waals surface area (Å²) in [7, 11) is 0. The molecule has 1 nitrogen and oxygen atoms in total. The Morgan fingerprint density at radius 2 is 1.63 bits per heavy atom. The second kappa shape index (κ2) is 8.67. The molecule has 1 aliphatic heterocycles. The number of halogens is 6. The van der Waals surface area contributed by atoms with Crippen LogP contribution in [0.1, 0.15) is 42.6 Å². The van der Waals surface area contributed by atoms with Crippen LogP contribution in [0.5, 0.6) is 0 Å². The molecule has 0 saturated carbocycles. The number of ether oxygens (including phenoxy) is 1. The molecule has 0 bridgehead atoms. The van der Waals surface area contributed by atoms with Crippen LogP contribution in [0.25, 0.3) is 0 Å². The number of rotatable bonds is 4. The zero-order valence-corrected chi connectivity index (χ0v) is 17.9. The van der Waals surface area contributed by atoms with E-state index in [1.165, 1.54) is 35.7 Å². The first-order valence-electron chi connectivity index (χ1n) is 9.14.